The van der Waals surface area contributed by atoms with Crippen LogP contribution in [0.5, 0.6) is 0 Å². The molecule has 1 aliphatic heterocycles. The number of carbonyl (C=O) groups excluding carboxylic acids is 1. The second-order valence-electron chi connectivity index (χ2n) is 7.81. The highest BCUT2D eigenvalue weighted by Crippen LogP contribution is 2.42. The summed E-state index contributed by atoms with van der Waals surface area (Å²) >= 11 is 0. The third-order valence-corrected chi connectivity index (χ3v) is 5.28. The minimum absolute atomic E-state index is 0.102. The lowest BCUT2D eigenvalue weighted by atomic mass is 9.83. The van der Waals surface area contributed by atoms with Crippen molar-refractivity contribution in [1.29, 1.82) is 0 Å². The number of rotatable bonds is 5. The van der Waals surface area contributed by atoms with Crippen LogP contribution >= 0.6 is 0 Å². The van der Waals surface area contributed by atoms with E-state index in [4.69, 9.17) is 5.73 Å². The molecule has 2 atom stereocenters. The lowest BCUT2D eigenvalue weighted by Crippen LogP contribution is -2.48. The molecule has 184 valence electrons. The lowest BCUT2D eigenvalue weighted by molar-refractivity contribution is -0.209. The van der Waals surface area contributed by atoms with Crippen LogP contribution in [-0.2, 0) is 10.3 Å². The molecule has 0 fully saturated rings. The molecule has 2 aromatic rings. The zero-order valence-electron chi connectivity index (χ0n) is 17.8. The van der Waals surface area contributed by atoms with Crippen LogP contribution in [0, 0.1) is 19.7 Å². The predicted molar refractivity (Wildman–Crippen MR) is 108 cm³/mol. The fourth-order valence-electron chi connectivity index (χ4n) is 3.61. The van der Waals surface area contributed by atoms with E-state index in [9.17, 15) is 35.5 Å². The Morgan fingerprint density at radius 2 is 1.94 bits per heavy atom. The molecule has 1 aromatic carbocycles. The number of anilines is 1. The first-order valence-corrected chi connectivity index (χ1v) is 9.78. The van der Waals surface area contributed by atoms with Gasteiger partial charge in [-0.25, -0.2) is 22.6 Å². The zero-order chi connectivity index (χ0) is 25.4. The Morgan fingerprint density at radius 3 is 2.50 bits per heavy atom. The van der Waals surface area contributed by atoms with Gasteiger partial charge in [0.05, 0.1) is 0 Å². The van der Waals surface area contributed by atoms with Crippen LogP contribution in [-0.4, -0.2) is 35.9 Å². The number of aliphatic imine (C=N–C) groups is 1. The van der Waals surface area contributed by atoms with Gasteiger partial charge in [-0.1, -0.05) is 0 Å². The summed E-state index contributed by atoms with van der Waals surface area (Å²) in [4.78, 5) is 20.0. The highest BCUT2D eigenvalue weighted by atomic mass is 19.4. The smallest absolute Gasteiger partial charge is 0.425 e. The number of amides is 1. The Kier molecular flexibility index (Phi) is 6.76. The van der Waals surface area contributed by atoms with Gasteiger partial charge in [0.2, 0.25) is 0 Å². The minimum Gasteiger partial charge on any atom is -0.452 e. The van der Waals surface area contributed by atoms with E-state index in [1.54, 1.807) is 0 Å². The number of benzene rings is 1. The quantitative estimate of drug-likeness (QED) is 0.584. The Bertz CT molecular complexity index is 1140. The van der Waals surface area contributed by atoms with Crippen LogP contribution in [0.1, 0.15) is 45.6 Å². The van der Waals surface area contributed by atoms with E-state index in [0.717, 1.165) is 18.3 Å². The maximum atomic E-state index is 15.0. The monoisotopic (exact) mass is 492 g/mol. The van der Waals surface area contributed by atoms with Crippen LogP contribution in [0.3, 0.4) is 0 Å². The third kappa shape index (κ3) is 4.92. The molecule has 2 heterocycles. The number of hydrogen-bond donors (Lipinski definition) is 2. The van der Waals surface area contributed by atoms with E-state index in [0.29, 0.717) is 0 Å². The number of pyridine rings is 1. The molecular formula is C21H19F7N4O2. The molecule has 0 spiro atoms. The molecule has 3 rings (SSSR count). The average molecular weight is 492 g/mol. The first-order valence-electron chi connectivity index (χ1n) is 9.78. The Hall–Kier alpha value is -3.38. The van der Waals surface area contributed by atoms with Crippen molar-refractivity contribution in [2.24, 2.45) is 10.7 Å². The summed E-state index contributed by atoms with van der Waals surface area (Å²) < 4.78 is 99.1. The van der Waals surface area contributed by atoms with Crippen LogP contribution in [0.4, 0.5) is 36.4 Å². The van der Waals surface area contributed by atoms with Crippen molar-refractivity contribution < 1.29 is 40.3 Å². The molecular weight excluding hydrogens is 473 g/mol. The van der Waals surface area contributed by atoms with E-state index in [1.807, 2.05) is 0 Å². The number of alkyl halides is 6. The average Bonchev–Trinajstić information content (AvgIpc) is 2.74. The largest absolute Gasteiger partial charge is 0.452 e. The van der Waals surface area contributed by atoms with Crippen molar-refractivity contribution >= 4 is 17.6 Å². The van der Waals surface area contributed by atoms with E-state index in [-0.39, 0.29) is 22.5 Å². The fraction of sp³-hybridized carbons (Fsp3) is 0.381. The van der Waals surface area contributed by atoms with Gasteiger partial charge in [0.25, 0.3) is 18.4 Å². The summed E-state index contributed by atoms with van der Waals surface area (Å²) in [5, 5.41) is 2.38. The van der Waals surface area contributed by atoms with Gasteiger partial charge < -0.3 is 15.8 Å². The van der Waals surface area contributed by atoms with Crippen molar-refractivity contribution in [3.8, 4) is 0 Å². The van der Waals surface area contributed by atoms with E-state index in [2.05, 4.69) is 20.0 Å². The lowest BCUT2D eigenvalue weighted by Gasteiger charge is -2.37. The molecule has 0 saturated heterocycles. The number of amidine groups is 1. The number of hydrogen-bond acceptors (Lipinski definition) is 5. The number of nitrogens with zero attached hydrogens (tertiary/aromatic N) is 2. The highest BCUT2D eigenvalue weighted by Gasteiger charge is 2.52. The first kappa shape index (κ1) is 25.2. The highest BCUT2D eigenvalue weighted by molar-refractivity contribution is 6.04. The van der Waals surface area contributed by atoms with Gasteiger partial charge in [-0.05, 0) is 43.2 Å². The van der Waals surface area contributed by atoms with Gasteiger partial charge in [-0.2, -0.15) is 13.2 Å². The first-order chi connectivity index (χ1) is 15.8. The Labute approximate surface area is 189 Å². The molecule has 0 bridgehead atoms. The van der Waals surface area contributed by atoms with E-state index < -0.39 is 66.2 Å². The van der Waals surface area contributed by atoms with Crippen molar-refractivity contribution in [1.82, 2.24) is 4.98 Å². The van der Waals surface area contributed by atoms with Crippen LogP contribution in [0.2, 0.25) is 0 Å². The number of aromatic nitrogens is 1. The standard InChI is InChI=1S/C21H19F7N4O2/c1-9-4-12(31-18(33)16-10(2)3-11(7-30-16)17(24)25)5-13(15(9)23)20(8-22)6-14(21(26,27)28)34-19(29)32-20/h3-5,7,14,17H,6,8H2,1-2H3,(H2,29,32)(H,31,33). The molecule has 1 aromatic heterocycles. The third-order valence-electron chi connectivity index (χ3n) is 5.28. The molecule has 13 heteroatoms. The molecule has 1 aliphatic rings. The van der Waals surface area contributed by atoms with Gasteiger partial charge in [0.15, 0.2) is 6.10 Å². The summed E-state index contributed by atoms with van der Waals surface area (Å²) in [5.74, 6) is -1.89. The number of aryl methyl sites for hydroxylation is 2. The number of ether oxygens (including phenoxy) is 1. The summed E-state index contributed by atoms with van der Waals surface area (Å²) in [6, 6.07) is 2.22. The van der Waals surface area contributed by atoms with Gasteiger partial charge in [-0.3, -0.25) is 9.78 Å². The Morgan fingerprint density at radius 1 is 1.26 bits per heavy atom. The summed E-state index contributed by atoms with van der Waals surface area (Å²) in [7, 11) is 0. The summed E-state index contributed by atoms with van der Waals surface area (Å²) in [6.45, 7) is 1.10. The van der Waals surface area contributed by atoms with Gasteiger partial charge >= 0.3 is 6.18 Å². The second kappa shape index (κ2) is 9.11. The van der Waals surface area contributed by atoms with Crippen molar-refractivity contribution in [2.75, 3.05) is 12.0 Å². The fourth-order valence-corrected chi connectivity index (χ4v) is 3.61. The minimum atomic E-state index is -4.92. The predicted octanol–water partition coefficient (Wildman–Crippen LogP) is 4.86. The molecule has 0 radical (unpaired) electrons. The van der Waals surface area contributed by atoms with E-state index in [1.165, 1.54) is 19.9 Å². The molecule has 1 amide bonds. The molecule has 6 nitrogen and oxygen atoms in total. The molecule has 2 unspecified atom stereocenters. The SMILES string of the molecule is Cc1cc(C(F)F)cnc1C(=O)Nc1cc(C)c(F)c(C2(CF)CC(C(F)(F)F)OC(N)=N2)c1. The summed E-state index contributed by atoms with van der Waals surface area (Å²) in [6.07, 6.45) is -10.5. The maximum absolute atomic E-state index is 15.0. The Balaban J connectivity index is 2.01. The number of halogens is 7. The molecule has 34 heavy (non-hydrogen) atoms. The number of nitrogens with one attached hydrogen (secondary N) is 1. The maximum Gasteiger partial charge on any atom is 0.425 e. The topological polar surface area (TPSA) is 89.6 Å². The second-order valence-corrected chi connectivity index (χ2v) is 7.81. The molecule has 0 saturated carbocycles. The van der Waals surface area contributed by atoms with Crippen LogP contribution < -0.4 is 11.1 Å². The van der Waals surface area contributed by atoms with Gasteiger partial charge in [-0.15, -0.1) is 0 Å². The van der Waals surface area contributed by atoms with Crippen molar-refractivity contribution in [3.05, 3.63) is 58.2 Å². The number of carbonyl (C=O) groups is 1. The normalized spacial score (nSPS) is 20.6. The van der Waals surface area contributed by atoms with Crippen molar-refractivity contribution in [3.63, 3.8) is 0 Å². The van der Waals surface area contributed by atoms with Crippen LogP contribution in [0.15, 0.2) is 29.4 Å². The van der Waals surface area contributed by atoms with Gasteiger partial charge in [0.1, 0.15) is 23.7 Å². The zero-order valence-corrected chi connectivity index (χ0v) is 17.8. The van der Waals surface area contributed by atoms with Crippen molar-refractivity contribution in [2.45, 2.75) is 44.5 Å². The van der Waals surface area contributed by atoms with Gasteiger partial charge in [0, 0.05) is 29.4 Å². The number of nitrogens with two attached hydrogens (primary N) is 1. The van der Waals surface area contributed by atoms with E-state index >= 15 is 0 Å². The van der Waals surface area contributed by atoms with Crippen LogP contribution in [0.25, 0.3) is 0 Å². The molecule has 3 N–H and O–H groups in total. The summed E-state index contributed by atoms with van der Waals surface area (Å²) in [5.41, 5.74) is 1.73. The molecule has 0 aliphatic carbocycles.